The van der Waals surface area contributed by atoms with Crippen molar-refractivity contribution in [1.82, 2.24) is 9.88 Å². The molecule has 1 fully saturated rings. The van der Waals surface area contributed by atoms with Crippen LogP contribution >= 0.6 is 11.3 Å². The summed E-state index contributed by atoms with van der Waals surface area (Å²) in [6.45, 7) is 0.0244. The van der Waals surface area contributed by atoms with Gasteiger partial charge in [0.15, 0.2) is 5.13 Å². The zero-order valence-corrected chi connectivity index (χ0v) is 16.6. The second kappa shape index (κ2) is 8.00. The lowest BCUT2D eigenvalue weighted by Crippen LogP contribution is -2.42. The Bertz CT molecular complexity index is 1060. The Labute approximate surface area is 171 Å². The van der Waals surface area contributed by atoms with Crippen LogP contribution in [0.3, 0.4) is 0 Å². The number of methoxy groups -OCH3 is 1. The van der Waals surface area contributed by atoms with Crippen LogP contribution in [0, 0.1) is 0 Å². The average molecular weight is 409 g/mol. The molecule has 0 aliphatic carbocycles. The third kappa shape index (κ3) is 3.97. The maximum Gasteiger partial charge on any atom is 0.249 e. The average Bonchev–Trinajstić information content (AvgIpc) is 3.30. The van der Waals surface area contributed by atoms with E-state index in [1.807, 2.05) is 48.5 Å². The summed E-state index contributed by atoms with van der Waals surface area (Å²) in [6.07, 6.45) is 0.317. The first-order valence-electron chi connectivity index (χ1n) is 9.17. The van der Waals surface area contributed by atoms with E-state index in [4.69, 9.17) is 4.74 Å². The summed E-state index contributed by atoms with van der Waals surface area (Å²) in [5.41, 5.74) is 1.68. The molecule has 1 aliphatic rings. The maximum atomic E-state index is 13.1. The van der Waals surface area contributed by atoms with Crippen LogP contribution in [0.1, 0.15) is 18.4 Å². The molecule has 0 N–H and O–H groups in total. The molecule has 0 spiro atoms. The van der Waals surface area contributed by atoms with Gasteiger partial charge in [0.05, 0.1) is 23.9 Å². The van der Waals surface area contributed by atoms with Crippen molar-refractivity contribution in [3.05, 3.63) is 54.1 Å². The van der Waals surface area contributed by atoms with Crippen LogP contribution in [0.4, 0.5) is 5.13 Å². The van der Waals surface area contributed by atoms with Gasteiger partial charge in [0.1, 0.15) is 12.3 Å². The van der Waals surface area contributed by atoms with Crippen molar-refractivity contribution >= 4 is 44.4 Å². The van der Waals surface area contributed by atoms with Gasteiger partial charge in [-0.15, -0.1) is 0 Å². The molecule has 3 aromatic rings. The van der Waals surface area contributed by atoms with E-state index in [1.165, 1.54) is 16.2 Å². The molecule has 1 aromatic heterocycles. The van der Waals surface area contributed by atoms with Gasteiger partial charge in [-0.2, -0.15) is 0 Å². The number of thiazole rings is 1. The summed E-state index contributed by atoms with van der Waals surface area (Å²) in [7, 11) is 1.60. The van der Waals surface area contributed by atoms with Crippen LogP contribution in [0.2, 0.25) is 0 Å². The number of likely N-dealkylation sites (tertiary alicyclic amines) is 1. The predicted molar refractivity (Wildman–Crippen MR) is 110 cm³/mol. The molecule has 7 nitrogen and oxygen atoms in total. The molecule has 148 valence electrons. The van der Waals surface area contributed by atoms with Gasteiger partial charge < -0.3 is 4.74 Å². The highest BCUT2D eigenvalue weighted by Gasteiger charge is 2.32. The van der Waals surface area contributed by atoms with Gasteiger partial charge in [0, 0.05) is 12.8 Å². The lowest BCUT2D eigenvalue weighted by Gasteiger charge is -2.22. The Morgan fingerprint density at radius 2 is 1.86 bits per heavy atom. The molecule has 8 heteroatoms. The van der Waals surface area contributed by atoms with Crippen LogP contribution in [0.5, 0.6) is 5.75 Å². The van der Waals surface area contributed by atoms with Crippen LogP contribution in [-0.4, -0.2) is 41.3 Å². The molecule has 2 heterocycles. The minimum atomic E-state index is -0.344. The molecular formula is C21H19N3O4S. The number of imide groups is 1. The summed E-state index contributed by atoms with van der Waals surface area (Å²) in [5.74, 6) is -0.250. The molecule has 29 heavy (non-hydrogen) atoms. The van der Waals surface area contributed by atoms with Gasteiger partial charge in [-0.1, -0.05) is 41.7 Å². The Kier molecular flexibility index (Phi) is 5.26. The Morgan fingerprint density at radius 3 is 2.55 bits per heavy atom. The van der Waals surface area contributed by atoms with Gasteiger partial charge in [0.25, 0.3) is 0 Å². The second-order valence-electron chi connectivity index (χ2n) is 6.67. The Morgan fingerprint density at radius 1 is 1.14 bits per heavy atom. The number of hydrogen-bond acceptors (Lipinski definition) is 6. The number of rotatable bonds is 6. The van der Waals surface area contributed by atoms with Crippen molar-refractivity contribution in [2.45, 2.75) is 19.4 Å². The number of nitrogens with zero attached hydrogens (tertiary/aromatic N) is 3. The Hall–Kier alpha value is -3.26. The number of hydrogen-bond donors (Lipinski definition) is 0. The lowest BCUT2D eigenvalue weighted by molar-refractivity contribution is -0.141. The largest absolute Gasteiger partial charge is 0.497 e. The zero-order chi connectivity index (χ0) is 20.4. The molecule has 0 bridgehead atoms. The Balaban J connectivity index is 1.67. The van der Waals surface area contributed by atoms with Crippen molar-refractivity contribution in [3.8, 4) is 5.75 Å². The minimum Gasteiger partial charge on any atom is -0.497 e. The maximum absolute atomic E-state index is 13.1. The van der Waals surface area contributed by atoms with E-state index in [9.17, 15) is 14.4 Å². The number of anilines is 1. The summed E-state index contributed by atoms with van der Waals surface area (Å²) >= 11 is 1.37. The summed E-state index contributed by atoms with van der Waals surface area (Å²) < 4.78 is 6.15. The smallest absolute Gasteiger partial charge is 0.249 e. The predicted octanol–water partition coefficient (Wildman–Crippen LogP) is 2.99. The third-order valence-corrected chi connectivity index (χ3v) is 5.79. The van der Waals surface area contributed by atoms with E-state index >= 15 is 0 Å². The lowest BCUT2D eigenvalue weighted by atomic mass is 10.2. The van der Waals surface area contributed by atoms with Gasteiger partial charge in [-0.05, 0) is 23.8 Å². The van der Waals surface area contributed by atoms with Crippen LogP contribution < -0.4 is 9.64 Å². The molecular weight excluding hydrogens is 390 g/mol. The van der Waals surface area contributed by atoms with E-state index in [1.54, 1.807) is 7.11 Å². The van der Waals surface area contributed by atoms with Gasteiger partial charge in [0.2, 0.25) is 17.7 Å². The molecule has 4 rings (SSSR count). The van der Waals surface area contributed by atoms with Crippen LogP contribution in [0.25, 0.3) is 10.2 Å². The molecule has 3 amide bonds. The minimum absolute atomic E-state index is 0.158. The van der Waals surface area contributed by atoms with Crippen LogP contribution in [0.15, 0.2) is 48.5 Å². The van der Waals surface area contributed by atoms with Crippen molar-refractivity contribution in [2.75, 3.05) is 18.6 Å². The number of amides is 3. The number of benzene rings is 2. The van der Waals surface area contributed by atoms with E-state index in [0.29, 0.717) is 17.4 Å². The monoisotopic (exact) mass is 409 g/mol. The first kappa shape index (κ1) is 19.1. The van der Waals surface area contributed by atoms with E-state index < -0.39 is 0 Å². The number of ether oxygens (including phenoxy) is 1. The first-order chi connectivity index (χ1) is 14.0. The molecule has 1 saturated heterocycles. The molecule has 0 atom stereocenters. The molecule has 2 aromatic carbocycles. The van der Waals surface area contributed by atoms with Gasteiger partial charge >= 0.3 is 0 Å². The topological polar surface area (TPSA) is 79.8 Å². The van der Waals surface area contributed by atoms with Gasteiger partial charge in [-0.25, -0.2) is 4.98 Å². The number of aromatic nitrogens is 1. The fourth-order valence-corrected chi connectivity index (χ4v) is 4.19. The zero-order valence-electron chi connectivity index (χ0n) is 15.8. The quantitative estimate of drug-likeness (QED) is 0.585. The van der Waals surface area contributed by atoms with Crippen molar-refractivity contribution in [2.24, 2.45) is 0 Å². The highest BCUT2D eigenvalue weighted by atomic mass is 32.1. The SMILES string of the molecule is COc1ccc2nc(N(Cc3ccccc3)C(=O)CN3C(=O)CCC3=O)sc2c1. The molecule has 0 unspecified atom stereocenters. The standard InChI is InChI=1S/C21H19N3O4S/c1-28-15-7-8-16-17(11-15)29-21(22-16)24(12-14-5-3-2-4-6-14)20(27)13-23-18(25)9-10-19(23)26/h2-8,11H,9-10,12-13H2,1H3. The molecule has 1 aliphatic heterocycles. The highest BCUT2D eigenvalue weighted by Crippen LogP contribution is 2.32. The fraction of sp³-hybridized carbons (Fsp3) is 0.238. The second-order valence-corrected chi connectivity index (χ2v) is 7.68. The summed E-state index contributed by atoms with van der Waals surface area (Å²) in [5, 5.41) is 0.515. The van der Waals surface area contributed by atoms with Crippen molar-refractivity contribution < 1.29 is 19.1 Å². The number of carbonyl (C=O) groups is 3. The van der Waals surface area contributed by atoms with E-state index in [-0.39, 0.29) is 37.1 Å². The highest BCUT2D eigenvalue weighted by molar-refractivity contribution is 7.22. The van der Waals surface area contributed by atoms with E-state index in [2.05, 4.69) is 4.98 Å². The summed E-state index contributed by atoms with van der Waals surface area (Å²) in [6, 6.07) is 15.1. The van der Waals surface area contributed by atoms with Crippen LogP contribution in [-0.2, 0) is 20.9 Å². The number of carbonyl (C=O) groups excluding carboxylic acids is 3. The normalized spacial score (nSPS) is 13.9. The van der Waals surface area contributed by atoms with Gasteiger partial charge in [-0.3, -0.25) is 24.2 Å². The third-order valence-electron chi connectivity index (χ3n) is 4.75. The van der Waals surface area contributed by atoms with Crippen molar-refractivity contribution in [1.29, 1.82) is 0 Å². The van der Waals surface area contributed by atoms with E-state index in [0.717, 1.165) is 20.7 Å². The van der Waals surface area contributed by atoms with Crippen molar-refractivity contribution in [3.63, 3.8) is 0 Å². The number of fused-ring (bicyclic) bond motifs is 1. The summed E-state index contributed by atoms with van der Waals surface area (Å²) in [4.78, 5) is 44.2. The molecule has 0 radical (unpaired) electrons. The first-order valence-corrected chi connectivity index (χ1v) is 9.99. The fourth-order valence-electron chi connectivity index (χ4n) is 3.18. The molecule has 0 saturated carbocycles.